The molecule has 6 heteroatoms. The van der Waals surface area contributed by atoms with Crippen LogP contribution in [0.5, 0.6) is 0 Å². The van der Waals surface area contributed by atoms with Gasteiger partial charge in [0, 0.05) is 38.5 Å². The van der Waals surface area contributed by atoms with Crippen LogP contribution in [0.3, 0.4) is 0 Å². The average molecular weight is 436 g/mol. The quantitative estimate of drug-likeness (QED) is 0.658. The molecule has 3 amide bonds. The molecule has 0 aliphatic carbocycles. The highest BCUT2D eigenvalue weighted by Crippen LogP contribution is 2.18. The Labute approximate surface area is 190 Å². The van der Waals surface area contributed by atoms with E-state index in [0.717, 1.165) is 17.5 Å². The van der Waals surface area contributed by atoms with E-state index in [9.17, 15) is 14.4 Å². The Morgan fingerprint density at radius 3 is 2.12 bits per heavy atom. The van der Waals surface area contributed by atoms with Gasteiger partial charge in [-0.2, -0.15) is 0 Å². The van der Waals surface area contributed by atoms with Gasteiger partial charge in [0.15, 0.2) is 0 Å². The van der Waals surface area contributed by atoms with E-state index < -0.39 is 0 Å². The number of aryl methyl sites for hydroxylation is 1. The number of likely N-dealkylation sites (N-methyl/N-ethyl adjacent to an activating group) is 1. The summed E-state index contributed by atoms with van der Waals surface area (Å²) in [7, 11) is 0. The van der Waals surface area contributed by atoms with Crippen LogP contribution in [0.15, 0.2) is 60.7 Å². The fourth-order valence-electron chi connectivity index (χ4n) is 4.04. The molecule has 1 heterocycles. The normalized spacial score (nSPS) is 14.1. The monoisotopic (exact) mass is 435 g/mol. The third kappa shape index (κ3) is 6.94. The van der Waals surface area contributed by atoms with Gasteiger partial charge in [0.2, 0.25) is 17.7 Å². The minimum atomic E-state index is -0.148. The summed E-state index contributed by atoms with van der Waals surface area (Å²) in [6.07, 6.45) is 2.50. The number of benzene rings is 2. The minimum absolute atomic E-state index is 0.00965. The Morgan fingerprint density at radius 2 is 1.53 bits per heavy atom. The fraction of sp³-hybridized carbons (Fsp3) is 0.423. The van der Waals surface area contributed by atoms with Gasteiger partial charge in [-0.1, -0.05) is 60.7 Å². The predicted octanol–water partition coefficient (Wildman–Crippen LogP) is 3.02. The smallest absolute Gasteiger partial charge is 0.242 e. The Morgan fingerprint density at radius 1 is 0.938 bits per heavy atom. The number of piperidine rings is 1. The maximum atomic E-state index is 12.6. The third-order valence-corrected chi connectivity index (χ3v) is 6.05. The number of likely N-dealkylation sites (tertiary alicyclic amines) is 1. The molecule has 2 aromatic rings. The standard InChI is InChI=1S/C26H33N3O3/c1-2-28(20-22-11-7-4-8-12-22)25(31)19-27-26(32)23-15-17-29(18-16-23)24(30)14-13-21-9-5-3-6-10-21/h3-12,23H,2,13-20H2,1H3,(H,27,32). The third-order valence-electron chi connectivity index (χ3n) is 6.05. The van der Waals surface area contributed by atoms with Crippen LogP contribution in [-0.4, -0.2) is 53.7 Å². The first-order chi connectivity index (χ1) is 15.6. The van der Waals surface area contributed by atoms with E-state index in [1.165, 1.54) is 0 Å². The molecular weight excluding hydrogens is 402 g/mol. The molecule has 1 fully saturated rings. The topological polar surface area (TPSA) is 69.7 Å². The molecule has 170 valence electrons. The molecule has 0 saturated carbocycles. The summed E-state index contributed by atoms with van der Waals surface area (Å²) < 4.78 is 0. The number of rotatable bonds is 9. The van der Waals surface area contributed by atoms with E-state index in [1.807, 2.05) is 72.5 Å². The molecule has 1 saturated heterocycles. The zero-order chi connectivity index (χ0) is 22.8. The molecule has 2 aromatic carbocycles. The van der Waals surface area contributed by atoms with Crippen molar-refractivity contribution in [3.05, 3.63) is 71.8 Å². The van der Waals surface area contributed by atoms with Gasteiger partial charge in [-0.3, -0.25) is 14.4 Å². The number of carbonyl (C=O) groups is 3. The van der Waals surface area contributed by atoms with Gasteiger partial charge >= 0.3 is 0 Å². The van der Waals surface area contributed by atoms with E-state index >= 15 is 0 Å². The highest BCUT2D eigenvalue weighted by Gasteiger charge is 2.27. The zero-order valence-electron chi connectivity index (χ0n) is 18.8. The van der Waals surface area contributed by atoms with Crippen molar-refractivity contribution in [2.75, 3.05) is 26.2 Å². The molecule has 32 heavy (non-hydrogen) atoms. The number of hydrogen-bond acceptors (Lipinski definition) is 3. The number of hydrogen-bond donors (Lipinski definition) is 1. The Balaban J connectivity index is 1.38. The minimum Gasteiger partial charge on any atom is -0.347 e. The molecule has 0 aromatic heterocycles. The van der Waals surface area contributed by atoms with Crippen molar-refractivity contribution >= 4 is 17.7 Å². The second-order valence-corrected chi connectivity index (χ2v) is 8.25. The average Bonchev–Trinajstić information content (AvgIpc) is 2.85. The lowest BCUT2D eigenvalue weighted by Crippen LogP contribution is -2.45. The van der Waals surface area contributed by atoms with Crippen molar-refractivity contribution < 1.29 is 14.4 Å². The Bertz CT molecular complexity index is 878. The molecule has 1 aliphatic heterocycles. The van der Waals surface area contributed by atoms with Gasteiger partial charge in [-0.25, -0.2) is 0 Å². The van der Waals surface area contributed by atoms with E-state index in [4.69, 9.17) is 0 Å². The lowest BCUT2D eigenvalue weighted by molar-refractivity contribution is -0.136. The number of carbonyl (C=O) groups excluding carboxylic acids is 3. The first-order valence-electron chi connectivity index (χ1n) is 11.5. The van der Waals surface area contributed by atoms with Crippen LogP contribution >= 0.6 is 0 Å². The maximum absolute atomic E-state index is 12.6. The van der Waals surface area contributed by atoms with Crippen molar-refractivity contribution in [1.29, 1.82) is 0 Å². The zero-order valence-corrected chi connectivity index (χ0v) is 18.8. The second kappa shape index (κ2) is 12.0. The number of nitrogens with one attached hydrogen (secondary N) is 1. The highest BCUT2D eigenvalue weighted by molar-refractivity contribution is 5.86. The van der Waals surface area contributed by atoms with Gasteiger partial charge in [0.05, 0.1) is 6.54 Å². The van der Waals surface area contributed by atoms with Crippen molar-refractivity contribution in [2.24, 2.45) is 5.92 Å². The van der Waals surface area contributed by atoms with Gasteiger partial charge in [-0.15, -0.1) is 0 Å². The number of amides is 3. The van der Waals surface area contributed by atoms with Gasteiger partial charge in [-0.05, 0) is 37.3 Å². The summed E-state index contributed by atoms with van der Waals surface area (Å²) in [6.45, 7) is 4.26. The van der Waals surface area contributed by atoms with E-state index in [1.54, 1.807) is 4.90 Å². The van der Waals surface area contributed by atoms with Crippen molar-refractivity contribution in [1.82, 2.24) is 15.1 Å². The van der Waals surface area contributed by atoms with Crippen molar-refractivity contribution in [3.8, 4) is 0 Å². The molecule has 0 radical (unpaired) electrons. The van der Waals surface area contributed by atoms with Gasteiger partial charge in [0.25, 0.3) is 0 Å². The van der Waals surface area contributed by atoms with Crippen LogP contribution in [0.25, 0.3) is 0 Å². The molecule has 0 spiro atoms. The van der Waals surface area contributed by atoms with Gasteiger partial charge < -0.3 is 15.1 Å². The first-order valence-corrected chi connectivity index (χ1v) is 11.5. The molecule has 3 rings (SSSR count). The lowest BCUT2D eigenvalue weighted by Gasteiger charge is -2.31. The number of nitrogens with zero attached hydrogens (tertiary/aromatic N) is 2. The summed E-state index contributed by atoms with van der Waals surface area (Å²) in [5, 5.41) is 2.81. The fourth-order valence-corrected chi connectivity index (χ4v) is 4.04. The van der Waals surface area contributed by atoms with Crippen LogP contribution in [0, 0.1) is 5.92 Å². The lowest BCUT2D eigenvalue weighted by atomic mass is 9.95. The van der Waals surface area contributed by atoms with Crippen LogP contribution < -0.4 is 5.32 Å². The van der Waals surface area contributed by atoms with Crippen LogP contribution in [-0.2, 0) is 27.3 Å². The summed E-state index contributed by atoms with van der Waals surface area (Å²) in [4.78, 5) is 41.2. The summed E-state index contributed by atoms with van der Waals surface area (Å²) >= 11 is 0. The van der Waals surface area contributed by atoms with Crippen molar-refractivity contribution in [3.63, 3.8) is 0 Å². The maximum Gasteiger partial charge on any atom is 0.242 e. The molecule has 0 bridgehead atoms. The predicted molar refractivity (Wildman–Crippen MR) is 125 cm³/mol. The summed E-state index contributed by atoms with van der Waals surface area (Å²) in [5.41, 5.74) is 2.23. The summed E-state index contributed by atoms with van der Waals surface area (Å²) in [5.74, 6) is -0.184. The van der Waals surface area contributed by atoms with E-state index in [0.29, 0.717) is 45.4 Å². The van der Waals surface area contributed by atoms with Crippen LogP contribution in [0.1, 0.15) is 37.3 Å². The molecule has 6 nitrogen and oxygen atoms in total. The first kappa shape index (κ1) is 23.5. The Hall–Kier alpha value is -3.15. The van der Waals surface area contributed by atoms with E-state index in [2.05, 4.69) is 5.32 Å². The Kier molecular flexibility index (Phi) is 8.84. The molecule has 1 N–H and O–H groups in total. The second-order valence-electron chi connectivity index (χ2n) is 8.25. The highest BCUT2D eigenvalue weighted by atomic mass is 16.2. The SMILES string of the molecule is CCN(Cc1ccccc1)C(=O)CNC(=O)C1CCN(C(=O)CCc2ccccc2)CC1. The van der Waals surface area contributed by atoms with E-state index in [-0.39, 0.29) is 30.2 Å². The van der Waals surface area contributed by atoms with Crippen molar-refractivity contribution in [2.45, 2.75) is 39.2 Å². The largest absolute Gasteiger partial charge is 0.347 e. The van der Waals surface area contributed by atoms with Crippen LogP contribution in [0.2, 0.25) is 0 Å². The summed E-state index contributed by atoms with van der Waals surface area (Å²) in [6, 6.07) is 19.8. The molecule has 0 unspecified atom stereocenters. The molecular formula is C26H33N3O3. The molecule has 0 atom stereocenters. The molecule has 1 aliphatic rings. The van der Waals surface area contributed by atoms with Crippen LogP contribution in [0.4, 0.5) is 0 Å². The van der Waals surface area contributed by atoms with Gasteiger partial charge in [0.1, 0.15) is 0 Å².